The zero-order chi connectivity index (χ0) is 18.6. The maximum absolute atomic E-state index is 12.3. The van der Waals surface area contributed by atoms with Crippen molar-refractivity contribution in [2.24, 2.45) is 11.8 Å². The highest BCUT2D eigenvalue weighted by atomic mass is 28.3. The third-order valence-electron chi connectivity index (χ3n) is 6.61. The van der Waals surface area contributed by atoms with Gasteiger partial charge in [-0.15, -0.1) is 13.2 Å². The molecular formula is C21H31F3OSi. The van der Waals surface area contributed by atoms with Crippen molar-refractivity contribution in [3.8, 4) is 5.75 Å². The van der Waals surface area contributed by atoms with E-state index >= 15 is 0 Å². The van der Waals surface area contributed by atoms with Crippen molar-refractivity contribution in [2.45, 2.75) is 82.3 Å². The maximum Gasteiger partial charge on any atom is 0.573 e. The van der Waals surface area contributed by atoms with Crippen molar-refractivity contribution in [3.63, 3.8) is 0 Å². The molecule has 0 amide bonds. The van der Waals surface area contributed by atoms with Gasteiger partial charge in [0.2, 0.25) is 0 Å². The lowest BCUT2D eigenvalue weighted by Crippen LogP contribution is -2.28. The van der Waals surface area contributed by atoms with Gasteiger partial charge in [-0.05, 0) is 61.1 Å². The standard InChI is InChI=1S/C21H31F3OSi/c1-2-13-26-14-11-19(12-15-26)17-5-3-16(4-6-17)18-7-9-20(10-8-18)25-21(22,23)24/h7-10,16-17,19,26H,2-6,11-15H2,1H3/t16-,17-,19?,26?. The van der Waals surface area contributed by atoms with Crippen LogP contribution < -0.4 is 4.74 Å². The Labute approximate surface area is 156 Å². The number of benzene rings is 1. The van der Waals surface area contributed by atoms with Gasteiger partial charge in [-0.25, -0.2) is 0 Å². The SMILES string of the molecule is CCC[SiH]1CCC([C@H]2CC[C@H](c3ccc(OC(F)(F)F)cc3)CC2)CC1. The lowest BCUT2D eigenvalue weighted by Gasteiger charge is -2.37. The molecule has 1 nitrogen and oxygen atoms in total. The van der Waals surface area contributed by atoms with E-state index in [4.69, 9.17) is 0 Å². The Kier molecular flexibility index (Phi) is 6.70. The predicted octanol–water partition coefficient (Wildman–Crippen LogP) is 6.91. The number of alkyl halides is 3. The molecule has 1 saturated carbocycles. The monoisotopic (exact) mass is 384 g/mol. The summed E-state index contributed by atoms with van der Waals surface area (Å²) in [5.74, 6) is 2.20. The number of ether oxygens (including phenoxy) is 1. The van der Waals surface area contributed by atoms with Crippen LogP contribution in [0.25, 0.3) is 0 Å². The van der Waals surface area contributed by atoms with Crippen LogP contribution in [0.5, 0.6) is 5.75 Å². The first-order valence-electron chi connectivity index (χ1n) is 10.3. The molecule has 0 spiro atoms. The summed E-state index contributed by atoms with van der Waals surface area (Å²) in [6.07, 6.45) is 4.63. The molecule has 1 aromatic rings. The summed E-state index contributed by atoms with van der Waals surface area (Å²) in [6, 6.07) is 11.2. The van der Waals surface area contributed by atoms with E-state index in [1.54, 1.807) is 12.1 Å². The average Bonchev–Trinajstić information content (AvgIpc) is 2.62. The van der Waals surface area contributed by atoms with E-state index in [0.29, 0.717) is 5.92 Å². The van der Waals surface area contributed by atoms with Gasteiger partial charge in [0.1, 0.15) is 5.75 Å². The number of halogens is 3. The van der Waals surface area contributed by atoms with Crippen molar-refractivity contribution in [1.29, 1.82) is 0 Å². The van der Waals surface area contributed by atoms with Gasteiger partial charge in [0.15, 0.2) is 0 Å². The Morgan fingerprint density at radius 1 is 0.923 bits per heavy atom. The molecule has 0 N–H and O–H groups in total. The van der Waals surface area contributed by atoms with Crippen LogP contribution in [0.2, 0.25) is 18.1 Å². The molecular weight excluding hydrogens is 353 g/mol. The van der Waals surface area contributed by atoms with Gasteiger partial charge < -0.3 is 4.74 Å². The van der Waals surface area contributed by atoms with Gasteiger partial charge in [-0.3, -0.25) is 0 Å². The van der Waals surface area contributed by atoms with Crippen LogP contribution in [-0.4, -0.2) is 15.2 Å². The summed E-state index contributed by atoms with van der Waals surface area (Å²) >= 11 is 0. The molecule has 5 heteroatoms. The molecule has 2 aliphatic rings. The summed E-state index contributed by atoms with van der Waals surface area (Å²) in [7, 11) is -0.393. The summed E-state index contributed by atoms with van der Waals surface area (Å²) in [5, 5.41) is 0. The molecule has 1 aromatic carbocycles. The van der Waals surface area contributed by atoms with Crippen LogP contribution in [-0.2, 0) is 0 Å². The molecule has 0 aromatic heterocycles. The fraction of sp³-hybridized carbons (Fsp3) is 0.714. The minimum absolute atomic E-state index is 0.122. The zero-order valence-corrected chi connectivity index (χ0v) is 16.9. The minimum Gasteiger partial charge on any atom is -0.406 e. The first-order chi connectivity index (χ1) is 12.4. The normalized spacial score (nSPS) is 30.2. The van der Waals surface area contributed by atoms with Gasteiger partial charge in [0.25, 0.3) is 0 Å². The lowest BCUT2D eigenvalue weighted by atomic mass is 9.72. The fourth-order valence-electron chi connectivity index (χ4n) is 5.22. The van der Waals surface area contributed by atoms with Crippen LogP contribution >= 0.6 is 0 Å². The second kappa shape index (κ2) is 8.81. The largest absolute Gasteiger partial charge is 0.573 e. The van der Waals surface area contributed by atoms with E-state index in [1.165, 1.54) is 63.1 Å². The highest BCUT2D eigenvalue weighted by molar-refractivity contribution is 6.58. The van der Waals surface area contributed by atoms with Gasteiger partial charge >= 0.3 is 6.36 Å². The van der Waals surface area contributed by atoms with E-state index in [1.807, 2.05) is 12.1 Å². The van der Waals surface area contributed by atoms with E-state index in [2.05, 4.69) is 11.7 Å². The quantitative estimate of drug-likeness (QED) is 0.501. The van der Waals surface area contributed by atoms with Gasteiger partial charge in [-0.1, -0.05) is 56.5 Å². The van der Waals surface area contributed by atoms with Crippen molar-refractivity contribution in [3.05, 3.63) is 29.8 Å². The Morgan fingerprint density at radius 3 is 2.04 bits per heavy atom. The van der Waals surface area contributed by atoms with Crippen molar-refractivity contribution in [1.82, 2.24) is 0 Å². The second-order valence-electron chi connectivity index (χ2n) is 8.30. The first-order valence-corrected chi connectivity index (χ1v) is 12.7. The highest BCUT2D eigenvalue weighted by Gasteiger charge is 2.32. The van der Waals surface area contributed by atoms with E-state index in [0.717, 1.165) is 17.4 Å². The molecule has 0 unspecified atom stereocenters. The van der Waals surface area contributed by atoms with Crippen molar-refractivity contribution >= 4 is 8.80 Å². The number of hydrogen-bond acceptors (Lipinski definition) is 1. The summed E-state index contributed by atoms with van der Waals surface area (Å²) in [6.45, 7) is 2.32. The molecule has 146 valence electrons. The van der Waals surface area contributed by atoms with Crippen LogP contribution in [0.4, 0.5) is 13.2 Å². The van der Waals surface area contributed by atoms with E-state index in [9.17, 15) is 13.2 Å². The minimum atomic E-state index is -4.61. The summed E-state index contributed by atoms with van der Waals surface area (Å²) < 4.78 is 40.8. The van der Waals surface area contributed by atoms with Gasteiger partial charge in [-0.2, -0.15) is 0 Å². The Hall–Kier alpha value is -0.973. The first kappa shape index (κ1) is 19.8. The van der Waals surface area contributed by atoms with Crippen LogP contribution in [0, 0.1) is 11.8 Å². The third-order valence-corrected chi connectivity index (χ3v) is 10.3. The Bertz CT molecular complexity index is 541. The number of rotatable bonds is 5. The molecule has 1 aliphatic heterocycles. The number of hydrogen-bond donors (Lipinski definition) is 0. The zero-order valence-electron chi connectivity index (χ0n) is 15.7. The summed E-state index contributed by atoms with van der Waals surface area (Å²) in [5.41, 5.74) is 1.16. The van der Waals surface area contributed by atoms with Crippen LogP contribution in [0.15, 0.2) is 24.3 Å². The highest BCUT2D eigenvalue weighted by Crippen LogP contribution is 2.43. The lowest BCUT2D eigenvalue weighted by molar-refractivity contribution is -0.274. The molecule has 0 bridgehead atoms. The molecule has 0 atom stereocenters. The molecule has 2 fully saturated rings. The fourth-order valence-corrected chi connectivity index (χ4v) is 8.70. The topological polar surface area (TPSA) is 9.23 Å². The van der Waals surface area contributed by atoms with Crippen LogP contribution in [0.1, 0.15) is 63.4 Å². The Balaban J connectivity index is 1.46. The van der Waals surface area contributed by atoms with Gasteiger partial charge in [0.05, 0.1) is 0 Å². The van der Waals surface area contributed by atoms with Crippen molar-refractivity contribution in [2.75, 3.05) is 0 Å². The average molecular weight is 385 g/mol. The second-order valence-corrected chi connectivity index (χ2v) is 11.8. The van der Waals surface area contributed by atoms with E-state index < -0.39 is 15.2 Å². The molecule has 3 rings (SSSR count). The predicted molar refractivity (Wildman–Crippen MR) is 102 cm³/mol. The van der Waals surface area contributed by atoms with Crippen LogP contribution in [0.3, 0.4) is 0 Å². The van der Waals surface area contributed by atoms with Crippen molar-refractivity contribution < 1.29 is 17.9 Å². The smallest absolute Gasteiger partial charge is 0.406 e. The van der Waals surface area contributed by atoms with E-state index in [-0.39, 0.29) is 5.75 Å². The summed E-state index contributed by atoms with van der Waals surface area (Å²) in [4.78, 5) is 0. The molecule has 26 heavy (non-hydrogen) atoms. The third kappa shape index (κ3) is 5.51. The molecule has 0 radical (unpaired) electrons. The Morgan fingerprint density at radius 2 is 1.50 bits per heavy atom. The molecule has 1 heterocycles. The van der Waals surface area contributed by atoms with Gasteiger partial charge in [0, 0.05) is 8.80 Å². The molecule has 1 saturated heterocycles. The molecule has 1 aliphatic carbocycles. The maximum atomic E-state index is 12.3.